The van der Waals surface area contributed by atoms with Gasteiger partial charge in [-0.1, -0.05) is 18.7 Å². The molecule has 3 amide bonds. The molecule has 2 heterocycles. The van der Waals surface area contributed by atoms with E-state index in [0.29, 0.717) is 17.6 Å². The molecule has 3 rings (SSSR count). The van der Waals surface area contributed by atoms with Crippen molar-refractivity contribution in [3.8, 4) is 0 Å². The maximum atomic E-state index is 13.1. The first-order chi connectivity index (χ1) is 13.3. The molecule has 1 aliphatic rings. The number of imide groups is 1. The van der Waals surface area contributed by atoms with E-state index in [0.717, 1.165) is 35.0 Å². The number of rotatable bonds is 5. The summed E-state index contributed by atoms with van der Waals surface area (Å²) in [6.07, 6.45) is 3.02. The number of thiophene rings is 1. The average molecular weight is 423 g/mol. The third-order valence-electron chi connectivity index (χ3n) is 4.70. The molecule has 0 spiro atoms. The Bertz CT molecular complexity index is 964. The van der Waals surface area contributed by atoms with Crippen LogP contribution >= 0.6 is 23.1 Å². The van der Waals surface area contributed by atoms with Crippen molar-refractivity contribution < 1.29 is 9.59 Å². The fraction of sp³-hybridized carbons (Fsp3) is 0.579. The number of thioether (sulfide) groups is 1. The predicted molar refractivity (Wildman–Crippen MR) is 113 cm³/mol. The SMILES string of the molecule is CCn1c(SCC(=O)NC(=O)NC(C)C)nc2sc3c(c2c1=O)CC[C@H](C)C3. The highest BCUT2D eigenvalue weighted by Gasteiger charge is 2.24. The maximum Gasteiger partial charge on any atom is 0.321 e. The van der Waals surface area contributed by atoms with E-state index >= 15 is 0 Å². The number of hydrogen-bond acceptors (Lipinski definition) is 6. The van der Waals surface area contributed by atoms with E-state index in [-0.39, 0.29) is 17.4 Å². The molecule has 9 heteroatoms. The number of urea groups is 1. The molecule has 2 N–H and O–H groups in total. The van der Waals surface area contributed by atoms with Gasteiger partial charge in [-0.25, -0.2) is 9.78 Å². The Balaban J connectivity index is 1.83. The first-order valence-electron chi connectivity index (χ1n) is 9.58. The molecule has 1 atom stereocenters. The fourth-order valence-electron chi connectivity index (χ4n) is 3.38. The molecule has 152 valence electrons. The monoisotopic (exact) mass is 422 g/mol. The molecule has 28 heavy (non-hydrogen) atoms. The average Bonchev–Trinajstić information content (AvgIpc) is 2.96. The quantitative estimate of drug-likeness (QED) is 0.571. The molecule has 0 radical (unpaired) electrons. The lowest BCUT2D eigenvalue weighted by molar-refractivity contribution is -0.117. The molecule has 0 aromatic carbocycles. The smallest absolute Gasteiger partial charge is 0.321 e. The molecule has 0 aliphatic heterocycles. The molecule has 2 aromatic rings. The Morgan fingerprint density at radius 2 is 2.14 bits per heavy atom. The minimum absolute atomic E-state index is 0.0194. The number of hydrogen-bond donors (Lipinski definition) is 2. The normalized spacial score (nSPS) is 16.2. The topological polar surface area (TPSA) is 93.1 Å². The highest BCUT2D eigenvalue weighted by atomic mass is 32.2. The third kappa shape index (κ3) is 4.41. The maximum absolute atomic E-state index is 13.1. The number of amides is 3. The minimum Gasteiger partial charge on any atom is -0.336 e. The van der Waals surface area contributed by atoms with Crippen molar-refractivity contribution in [1.82, 2.24) is 20.2 Å². The van der Waals surface area contributed by atoms with Gasteiger partial charge in [0.15, 0.2) is 5.16 Å². The second-order valence-electron chi connectivity index (χ2n) is 7.44. The number of fused-ring (bicyclic) bond motifs is 3. The van der Waals surface area contributed by atoms with E-state index in [2.05, 4.69) is 17.6 Å². The van der Waals surface area contributed by atoms with Gasteiger partial charge in [0.2, 0.25) is 5.91 Å². The standard InChI is InChI=1S/C19H26N4O3S2/c1-5-23-17(25)15-12-7-6-11(4)8-13(12)28-16(15)22-19(23)27-9-14(24)21-18(26)20-10(2)3/h10-11H,5-9H2,1-4H3,(H2,20,21,24,26)/t11-/m0/s1. The molecule has 7 nitrogen and oxygen atoms in total. The van der Waals surface area contributed by atoms with Gasteiger partial charge < -0.3 is 5.32 Å². The molecule has 0 saturated carbocycles. The summed E-state index contributed by atoms with van der Waals surface area (Å²) in [6, 6.07) is -0.570. The highest BCUT2D eigenvalue weighted by Crippen LogP contribution is 2.36. The van der Waals surface area contributed by atoms with Gasteiger partial charge in [-0.15, -0.1) is 11.3 Å². The van der Waals surface area contributed by atoms with Gasteiger partial charge in [0, 0.05) is 17.5 Å². The first kappa shape index (κ1) is 20.9. The van der Waals surface area contributed by atoms with E-state index in [9.17, 15) is 14.4 Å². The Kier molecular flexibility index (Phi) is 6.44. The summed E-state index contributed by atoms with van der Waals surface area (Å²) in [5.41, 5.74) is 1.14. The summed E-state index contributed by atoms with van der Waals surface area (Å²) in [7, 11) is 0. The van der Waals surface area contributed by atoms with Crippen LogP contribution in [0.3, 0.4) is 0 Å². The van der Waals surface area contributed by atoms with Crippen LogP contribution in [0, 0.1) is 5.92 Å². The van der Waals surface area contributed by atoms with Gasteiger partial charge in [-0.3, -0.25) is 19.5 Å². The van der Waals surface area contributed by atoms with Crippen molar-refractivity contribution in [3.63, 3.8) is 0 Å². The Morgan fingerprint density at radius 1 is 1.39 bits per heavy atom. The number of carbonyl (C=O) groups is 2. The molecular formula is C19H26N4O3S2. The summed E-state index contributed by atoms with van der Waals surface area (Å²) in [4.78, 5) is 43.5. The van der Waals surface area contributed by atoms with Gasteiger partial charge >= 0.3 is 6.03 Å². The number of aromatic nitrogens is 2. The third-order valence-corrected chi connectivity index (χ3v) is 6.83. The van der Waals surface area contributed by atoms with Crippen LogP contribution in [-0.2, 0) is 24.2 Å². The molecule has 0 bridgehead atoms. The van der Waals surface area contributed by atoms with E-state index < -0.39 is 11.9 Å². The van der Waals surface area contributed by atoms with E-state index in [1.54, 1.807) is 15.9 Å². The fourth-order valence-corrected chi connectivity index (χ4v) is 5.67. The van der Waals surface area contributed by atoms with Gasteiger partial charge in [0.05, 0.1) is 11.1 Å². The Labute approximate surface area is 172 Å². The zero-order valence-corrected chi connectivity index (χ0v) is 18.3. The van der Waals surface area contributed by atoms with Crippen molar-refractivity contribution in [3.05, 3.63) is 20.8 Å². The lowest BCUT2D eigenvalue weighted by Crippen LogP contribution is -2.43. The van der Waals surface area contributed by atoms with Crippen molar-refractivity contribution in [1.29, 1.82) is 0 Å². The van der Waals surface area contributed by atoms with Crippen LogP contribution < -0.4 is 16.2 Å². The van der Waals surface area contributed by atoms with Crippen molar-refractivity contribution >= 4 is 45.3 Å². The summed E-state index contributed by atoms with van der Waals surface area (Å²) in [5, 5.41) is 6.17. The molecule has 2 aromatic heterocycles. The predicted octanol–water partition coefficient (Wildman–Crippen LogP) is 2.93. The Hall–Kier alpha value is -1.87. The van der Waals surface area contributed by atoms with Gasteiger partial charge in [0.25, 0.3) is 5.56 Å². The second kappa shape index (κ2) is 8.65. The first-order valence-corrected chi connectivity index (χ1v) is 11.4. The Morgan fingerprint density at radius 3 is 2.82 bits per heavy atom. The molecule has 0 saturated heterocycles. The molecular weight excluding hydrogens is 396 g/mol. The number of nitrogens with zero attached hydrogens (tertiary/aromatic N) is 2. The van der Waals surface area contributed by atoms with Gasteiger partial charge in [0.1, 0.15) is 4.83 Å². The van der Waals surface area contributed by atoms with Crippen LogP contribution in [0.4, 0.5) is 4.79 Å². The second-order valence-corrected chi connectivity index (χ2v) is 9.47. The number of nitrogens with one attached hydrogen (secondary N) is 2. The van der Waals surface area contributed by atoms with Crippen molar-refractivity contribution in [2.24, 2.45) is 5.92 Å². The lowest BCUT2D eigenvalue weighted by Gasteiger charge is -2.17. The van der Waals surface area contributed by atoms with E-state index in [4.69, 9.17) is 4.98 Å². The highest BCUT2D eigenvalue weighted by molar-refractivity contribution is 7.99. The number of aryl methyl sites for hydroxylation is 1. The van der Waals surface area contributed by atoms with Crippen molar-refractivity contribution in [2.75, 3.05) is 5.75 Å². The summed E-state index contributed by atoms with van der Waals surface area (Å²) < 4.78 is 1.62. The molecule has 1 aliphatic carbocycles. The minimum atomic E-state index is -0.517. The van der Waals surface area contributed by atoms with Crippen LogP contribution in [0.1, 0.15) is 44.6 Å². The summed E-state index contributed by atoms with van der Waals surface area (Å²) in [6.45, 7) is 8.26. The summed E-state index contributed by atoms with van der Waals surface area (Å²) in [5.74, 6) is 0.230. The van der Waals surface area contributed by atoms with E-state index in [1.165, 1.54) is 16.6 Å². The van der Waals surface area contributed by atoms with Gasteiger partial charge in [-0.2, -0.15) is 0 Å². The van der Waals surface area contributed by atoms with Crippen LogP contribution in [0.15, 0.2) is 9.95 Å². The van der Waals surface area contributed by atoms with Crippen LogP contribution in [0.5, 0.6) is 0 Å². The zero-order valence-electron chi connectivity index (χ0n) is 16.6. The largest absolute Gasteiger partial charge is 0.336 e. The van der Waals surface area contributed by atoms with Gasteiger partial charge in [-0.05, 0) is 51.5 Å². The molecule has 0 fully saturated rings. The van der Waals surface area contributed by atoms with Crippen LogP contribution in [0.2, 0.25) is 0 Å². The number of carbonyl (C=O) groups excluding carboxylic acids is 2. The molecule has 0 unspecified atom stereocenters. The zero-order chi connectivity index (χ0) is 20.4. The van der Waals surface area contributed by atoms with Crippen molar-refractivity contribution in [2.45, 2.75) is 64.7 Å². The summed E-state index contributed by atoms with van der Waals surface area (Å²) >= 11 is 2.78. The van der Waals surface area contributed by atoms with Crippen LogP contribution in [0.25, 0.3) is 10.2 Å². The van der Waals surface area contributed by atoms with Crippen LogP contribution in [-0.4, -0.2) is 33.3 Å². The lowest BCUT2D eigenvalue weighted by atomic mass is 9.89. The van der Waals surface area contributed by atoms with E-state index in [1.807, 2.05) is 20.8 Å².